The molecule has 3 N–H and O–H groups in total. The van der Waals surface area contributed by atoms with Gasteiger partial charge in [-0.1, -0.05) is 11.6 Å². The van der Waals surface area contributed by atoms with Crippen LogP contribution in [0.1, 0.15) is 32.2 Å². The molecule has 0 atom stereocenters. The number of amides is 1. The van der Waals surface area contributed by atoms with Crippen molar-refractivity contribution in [1.29, 1.82) is 0 Å². The molecular weight excluding hydrogens is 416 g/mol. The number of halogens is 3. The number of benzene rings is 1. The number of nitrogens with one attached hydrogen (secondary N) is 1. The molecule has 0 spiro atoms. The highest BCUT2D eigenvalue weighted by molar-refractivity contribution is 6.31. The summed E-state index contributed by atoms with van der Waals surface area (Å²) in [5, 5.41) is 7.76. The predicted octanol–water partition coefficient (Wildman–Crippen LogP) is 3.55. The minimum atomic E-state index is -2.96. The highest BCUT2D eigenvalue weighted by Crippen LogP contribution is 2.37. The fourth-order valence-corrected chi connectivity index (χ4v) is 3.83. The topological polar surface area (TPSA) is 85.4 Å². The van der Waals surface area contributed by atoms with Crippen molar-refractivity contribution in [2.45, 2.75) is 38.8 Å². The van der Waals surface area contributed by atoms with Crippen LogP contribution in [0.3, 0.4) is 0 Å². The SMILES string of the molecule is CC(=O)NCCCN1CCC(n2cc(N)c(-c3cc(Cl)ccc3OC(F)F)n2)CC1. The number of piperidine rings is 1. The van der Waals surface area contributed by atoms with Crippen molar-refractivity contribution < 1.29 is 18.3 Å². The zero-order valence-corrected chi connectivity index (χ0v) is 17.5. The van der Waals surface area contributed by atoms with Gasteiger partial charge in [-0.05, 0) is 44.0 Å². The molecule has 1 aliphatic heterocycles. The van der Waals surface area contributed by atoms with Gasteiger partial charge in [0.15, 0.2) is 0 Å². The van der Waals surface area contributed by atoms with Gasteiger partial charge in [0, 0.05) is 43.3 Å². The van der Waals surface area contributed by atoms with Crippen molar-refractivity contribution >= 4 is 23.2 Å². The lowest BCUT2D eigenvalue weighted by molar-refractivity contribution is -0.118. The Balaban J connectivity index is 1.65. The number of rotatable bonds is 8. The second-order valence-electron chi connectivity index (χ2n) is 7.34. The number of anilines is 1. The zero-order chi connectivity index (χ0) is 21.7. The fourth-order valence-electron chi connectivity index (χ4n) is 3.66. The summed E-state index contributed by atoms with van der Waals surface area (Å²) in [6.07, 6.45) is 4.44. The maximum absolute atomic E-state index is 12.8. The number of hydrogen-bond acceptors (Lipinski definition) is 5. The van der Waals surface area contributed by atoms with Crippen molar-refractivity contribution in [2.75, 3.05) is 31.9 Å². The molecule has 0 bridgehead atoms. The molecule has 0 aliphatic carbocycles. The molecule has 7 nitrogen and oxygen atoms in total. The molecule has 2 heterocycles. The fraction of sp³-hybridized carbons (Fsp3) is 0.500. The molecule has 1 fully saturated rings. The average Bonchev–Trinajstić information content (AvgIpc) is 3.08. The molecule has 3 rings (SSSR count). The smallest absolute Gasteiger partial charge is 0.387 e. The van der Waals surface area contributed by atoms with Gasteiger partial charge in [-0.15, -0.1) is 0 Å². The number of nitrogens with two attached hydrogens (primary N) is 1. The van der Waals surface area contributed by atoms with E-state index in [1.165, 1.54) is 25.1 Å². The van der Waals surface area contributed by atoms with Crippen LogP contribution in [0.2, 0.25) is 5.02 Å². The standard InChI is InChI=1S/C20H26ClF2N5O2/c1-13(29)25-7-2-8-27-9-5-15(6-10-27)28-12-17(24)19(26-28)16-11-14(21)3-4-18(16)30-20(22)23/h3-4,11-12,15,20H,2,5-10,24H2,1H3,(H,25,29). The number of nitrogens with zero attached hydrogens (tertiary/aromatic N) is 3. The van der Waals surface area contributed by atoms with Gasteiger partial charge in [-0.2, -0.15) is 13.9 Å². The van der Waals surface area contributed by atoms with Crippen LogP contribution in [0.4, 0.5) is 14.5 Å². The molecule has 1 aromatic heterocycles. The Kier molecular flexibility index (Phi) is 7.49. The van der Waals surface area contributed by atoms with E-state index in [9.17, 15) is 13.6 Å². The molecule has 1 aromatic carbocycles. The van der Waals surface area contributed by atoms with Gasteiger partial charge in [0.1, 0.15) is 11.4 Å². The summed E-state index contributed by atoms with van der Waals surface area (Å²) in [5.74, 6) is -0.0251. The van der Waals surface area contributed by atoms with Crippen molar-refractivity contribution in [2.24, 2.45) is 0 Å². The van der Waals surface area contributed by atoms with E-state index in [1.807, 2.05) is 4.68 Å². The lowest BCUT2D eigenvalue weighted by atomic mass is 10.1. The summed E-state index contributed by atoms with van der Waals surface area (Å²) < 4.78 is 31.9. The van der Waals surface area contributed by atoms with E-state index < -0.39 is 6.61 Å². The highest BCUT2D eigenvalue weighted by Gasteiger charge is 2.23. The maximum atomic E-state index is 12.8. The first kappa shape index (κ1) is 22.3. The van der Waals surface area contributed by atoms with Gasteiger partial charge in [0.05, 0.1) is 11.7 Å². The second kappa shape index (κ2) is 10.1. The first-order valence-corrected chi connectivity index (χ1v) is 10.3. The monoisotopic (exact) mass is 441 g/mol. The van der Waals surface area contributed by atoms with Crippen molar-refractivity contribution in [1.82, 2.24) is 20.0 Å². The van der Waals surface area contributed by atoms with E-state index in [4.69, 9.17) is 17.3 Å². The van der Waals surface area contributed by atoms with Crippen LogP contribution < -0.4 is 15.8 Å². The third kappa shape index (κ3) is 5.82. The molecule has 30 heavy (non-hydrogen) atoms. The van der Waals surface area contributed by atoms with Crippen molar-refractivity contribution in [3.05, 3.63) is 29.4 Å². The van der Waals surface area contributed by atoms with Crippen LogP contribution in [-0.4, -0.2) is 53.4 Å². The van der Waals surface area contributed by atoms with Crippen LogP contribution in [0.15, 0.2) is 24.4 Å². The molecule has 0 saturated carbocycles. The van der Waals surface area contributed by atoms with Gasteiger partial charge < -0.3 is 20.7 Å². The molecule has 0 unspecified atom stereocenters. The number of alkyl halides is 2. The number of nitrogen functional groups attached to an aromatic ring is 1. The van der Waals surface area contributed by atoms with Gasteiger partial charge in [0.25, 0.3) is 0 Å². The van der Waals surface area contributed by atoms with E-state index in [1.54, 1.807) is 6.20 Å². The minimum Gasteiger partial charge on any atom is -0.434 e. The lowest BCUT2D eigenvalue weighted by Crippen LogP contribution is -2.36. The van der Waals surface area contributed by atoms with E-state index in [-0.39, 0.29) is 17.7 Å². The first-order valence-electron chi connectivity index (χ1n) is 9.89. The quantitative estimate of drug-likeness (QED) is 0.612. The van der Waals surface area contributed by atoms with Crippen LogP contribution in [0.5, 0.6) is 5.75 Å². The normalized spacial score (nSPS) is 15.5. The average molecular weight is 442 g/mol. The molecule has 2 aromatic rings. The number of likely N-dealkylation sites (tertiary alicyclic amines) is 1. The van der Waals surface area contributed by atoms with E-state index >= 15 is 0 Å². The third-order valence-electron chi connectivity index (χ3n) is 5.13. The molecule has 1 aliphatic rings. The van der Waals surface area contributed by atoms with Gasteiger partial charge in [-0.3, -0.25) is 9.48 Å². The number of carbonyl (C=O) groups excluding carboxylic acids is 1. The largest absolute Gasteiger partial charge is 0.434 e. The summed E-state index contributed by atoms with van der Waals surface area (Å²) in [6, 6.07) is 4.57. The zero-order valence-electron chi connectivity index (χ0n) is 16.8. The van der Waals surface area contributed by atoms with Crippen molar-refractivity contribution in [3.63, 3.8) is 0 Å². The first-order chi connectivity index (χ1) is 14.3. The minimum absolute atomic E-state index is 0.0115. The van der Waals surface area contributed by atoms with Crippen molar-refractivity contribution in [3.8, 4) is 17.0 Å². The molecule has 164 valence electrons. The number of carbonyl (C=O) groups is 1. The summed E-state index contributed by atoms with van der Waals surface area (Å²) in [4.78, 5) is 13.3. The Labute approximate surface area is 179 Å². The third-order valence-corrected chi connectivity index (χ3v) is 5.36. The van der Waals surface area contributed by atoms with Gasteiger partial charge in [0.2, 0.25) is 5.91 Å². The van der Waals surface area contributed by atoms with Crippen LogP contribution in [-0.2, 0) is 4.79 Å². The maximum Gasteiger partial charge on any atom is 0.387 e. The van der Waals surface area contributed by atoms with Crippen LogP contribution in [0.25, 0.3) is 11.3 Å². The summed E-state index contributed by atoms with van der Waals surface area (Å²) in [6.45, 7) is 1.99. The van der Waals surface area contributed by atoms with E-state index in [2.05, 4.69) is 20.1 Å². The highest BCUT2D eigenvalue weighted by atomic mass is 35.5. The van der Waals surface area contributed by atoms with Crippen LogP contribution >= 0.6 is 11.6 Å². The lowest BCUT2D eigenvalue weighted by Gasteiger charge is -2.32. The Morgan fingerprint density at radius 2 is 2.13 bits per heavy atom. The Morgan fingerprint density at radius 3 is 2.80 bits per heavy atom. The molecule has 0 radical (unpaired) electrons. The molecule has 1 amide bonds. The van der Waals surface area contributed by atoms with Gasteiger partial charge >= 0.3 is 6.61 Å². The van der Waals surface area contributed by atoms with Crippen LogP contribution in [0, 0.1) is 0 Å². The molecule has 1 saturated heterocycles. The Bertz CT molecular complexity index is 869. The number of hydrogen-bond donors (Lipinski definition) is 2. The van der Waals surface area contributed by atoms with E-state index in [0.29, 0.717) is 28.5 Å². The predicted molar refractivity (Wildman–Crippen MR) is 112 cm³/mol. The second-order valence-corrected chi connectivity index (χ2v) is 7.78. The van der Waals surface area contributed by atoms with E-state index in [0.717, 1.165) is 38.9 Å². The molecule has 10 heteroatoms. The Morgan fingerprint density at radius 1 is 1.40 bits per heavy atom. The summed E-state index contributed by atoms with van der Waals surface area (Å²) >= 11 is 6.05. The number of ether oxygens (including phenoxy) is 1. The Hall–Kier alpha value is -2.39. The van der Waals surface area contributed by atoms with Gasteiger partial charge in [-0.25, -0.2) is 0 Å². The number of aromatic nitrogens is 2. The summed E-state index contributed by atoms with van der Waals surface area (Å²) in [5.41, 5.74) is 7.25. The molecular formula is C20H26ClF2N5O2. The summed E-state index contributed by atoms with van der Waals surface area (Å²) in [7, 11) is 0.